The molecule has 5 aromatic carbocycles. The van der Waals surface area contributed by atoms with Gasteiger partial charge in [-0.05, 0) is 36.4 Å². The monoisotopic (exact) mass is 474 g/mol. The average Bonchev–Trinajstić information content (AvgIpc) is 2.94. The topological polar surface area (TPSA) is 40.1 Å². The number of carbonyl (C=O) groups excluding carboxylic acids is 1. The molecule has 0 atom stereocenters. The lowest BCUT2D eigenvalue weighted by atomic mass is 10.2. The smallest absolute Gasteiger partial charge is 0.201 e. The summed E-state index contributed by atoms with van der Waals surface area (Å²) in [4.78, 5) is 13.4. The van der Waals surface area contributed by atoms with E-state index in [0.29, 0.717) is 6.16 Å². The lowest BCUT2D eigenvalue weighted by molar-refractivity contribution is -0.268. The molecule has 5 aromatic rings. The first kappa shape index (κ1) is 24.1. The predicted octanol–water partition coefficient (Wildman–Crippen LogP) is 5.62. The lowest BCUT2D eigenvalue weighted by Crippen LogP contribution is -2.35. The first-order valence-electron chi connectivity index (χ1n) is 11.6. The number of hydrogen-bond acceptors (Lipinski definition) is 2. The van der Waals surface area contributed by atoms with Gasteiger partial charge in [0.25, 0.3) is 0 Å². The Bertz CT molecular complexity index is 1210. The molecular weight excluding hydrogens is 447 g/mol. The molecule has 0 aromatic heterocycles. The summed E-state index contributed by atoms with van der Waals surface area (Å²) in [6.07, 6.45) is 0.481. The normalized spacial score (nSPS) is 10.6. The van der Waals surface area contributed by atoms with Crippen molar-refractivity contribution in [2.45, 2.75) is 0 Å². The molecule has 0 N–H and O–H groups in total. The van der Waals surface area contributed by atoms with E-state index in [2.05, 4.69) is 72.8 Å². The summed E-state index contributed by atoms with van der Waals surface area (Å²) in [6, 6.07) is 49.5. The van der Waals surface area contributed by atoms with Crippen molar-refractivity contribution in [1.82, 2.24) is 0 Å². The summed E-state index contributed by atoms with van der Waals surface area (Å²) < 4.78 is 0. The molecule has 5 rings (SSSR count). The number of para-hydroxylation sites is 1. The first-order chi connectivity index (χ1) is 17.2. The van der Waals surface area contributed by atoms with E-state index in [0.717, 1.165) is 5.56 Å². The molecule has 0 spiro atoms. The van der Waals surface area contributed by atoms with E-state index in [1.54, 1.807) is 12.1 Å². The number of benzene rings is 5. The minimum atomic E-state index is -2.12. The Hall–Kier alpha value is -4.00. The van der Waals surface area contributed by atoms with Crippen molar-refractivity contribution in [3.63, 3.8) is 0 Å². The van der Waals surface area contributed by atoms with Crippen LogP contribution in [-0.4, -0.2) is 11.9 Å². The number of hydrogen-bond donors (Lipinski definition) is 0. The number of ketones is 1. The molecule has 0 saturated heterocycles. The average molecular weight is 475 g/mol. The Morgan fingerprint density at radius 3 is 1.11 bits per heavy atom. The van der Waals surface area contributed by atoms with Crippen LogP contribution in [0.2, 0.25) is 0 Å². The van der Waals surface area contributed by atoms with Crippen molar-refractivity contribution in [2.24, 2.45) is 0 Å². The predicted molar refractivity (Wildman–Crippen MR) is 147 cm³/mol. The Labute approximate surface area is 207 Å². The number of Topliss-reactive ketones (excluding diaryl/α,β-unsaturated/α-hetero) is 1. The zero-order valence-corrected chi connectivity index (χ0v) is 20.3. The van der Waals surface area contributed by atoms with Crippen LogP contribution >= 0.6 is 7.26 Å². The van der Waals surface area contributed by atoms with E-state index < -0.39 is 7.26 Å². The van der Waals surface area contributed by atoms with Crippen molar-refractivity contribution in [3.05, 3.63) is 157 Å². The summed E-state index contributed by atoms with van der Waals surface area (Å²) in [7, 11) is -2.12. The fraction of sp³-hybridized carbons (Fsp3) is 0.0312. The Balaban J connectivity index is 0.000000356. The third kappa shape index (κ3) is 5.93. The second-order valence-electron chi connectivity index (χ2n) is 8.08. The molecule has 0 saturated carbocycles. The molecule has 0 aliphatic heterocycles. The molecule has 0 fully saturated rings. The molecule has 2 nitrogen and oxygen atoms in total. The molecular formula is C32H27O2P. The fourth-order valence-corrected chi connectivity index (χ4v) is 8.22. The Kier molecular flexibility index (Phi) is 8.22. The van der Waals surface area contributed by atoms with Crippen LogP contribution in [0.25, 0.3) is 0 Å². The minimum absolute atomic E-state index is 0.0718. The van der Waals surface area contributed by atoms with Crippen LogP contribution in [0.3, 0.4) is 0 Å². The molecule has 172 valence electrons. The van der Waals surface area contributed by atoms with Gasteiger partial charge in [0.15, 0.2) is 0 Å². The third-order valence-corrected chi connectivity index (χ3v) is 10.1. The maximum atomic E-state index is 13.4. The van der Waals surface area contributed by atoms with E-state index in [1.807, 2.05) is 54.6 Å². The van der Waals surface area contributed by atoms with E-state index in [9.17, 15) is 9.90 Å². The van der Waals surface area contributed by atoms with Crippen LogP contribution in [0, 0.1) is 0 Å². The van der Waals surface area contributed by atoms with Gasteiger partial charge in [-0.25, -0.2) is 0 Å². The highest BCUT2D eigenvalue weighted by atomic mass is 31.2. The fourth-order valence-electron chi connectivity index (χ4n) is 4.12. The van der Waals surface area contributed by atoms with Crippen LogP contribution in [0.1, 0.15) is 10.4 Å². The first-order valence-corrected chi connectivity index (χ1v) is 13.5. The second-order valence-corrected chi connectivity index (χ2v) is 11.6. The largest absolute Gasteiger partial charge is 0.872 e. The molecule has 0 aliphatic rings. The van der Waals surface area contributed by atoms with Crippen LogP contribution < -0.4 is 21.0 Å². The van der Waals surface area contributed by atoms with Crippen molar-refractivity contribution in [3.8, 4) is 5.75 Å². The van der Waals surface area contributed by atoms with Gasteiger partial charge in [-0.3, -0.25) is 4.79 Å². The molecule has 0 aliphatic carbocycles. The molecule has 3 heteroatoms. The SMILES string of the molecule is O=C(C[P+](c1ccccc1)(c1ccccc1)c1ccccc1)c1ccccc1.[O-]c1ccccc1. The van der Waals surface area contributed by atoms with Crippen LogP contribution in [0.4, 0.5) is 0 Å². The summed E-state index contributed by atoms with van der Waals surface area (Å²) in [5, 5.41) is 14.0. The minimum Gasteiger partial charge on any atom is -0.872 e. The van der Waals surface area contributed by atoms with Crippen molar-refractivity contribution >= 4 is 29.0 Å². The highest BCUT2D eigenvalue weighted by molar-refractivity contribution is 7.96. The molecule has 0 bridgehead atoms. The summed E-state index contributed by atoms with van der Waals surface area (Å²) >= 11 is 0. The molecule has 0 amide bonds. The zero-order valence-electron chi connectivity index (χ0n) is 19.4. The second kappa shape index (κ2) is 11.9. The maximum absolute atomic E-state index is 13.4. The van der Waals surface area contributed by atoms with E-state index in [4.69, 9.17) is 0 Å². The molecule has 0 radical (unpaired) electrons. The number of rotatable bonds is 6. The van der Waals surface area contributed by atoms with Crippen LogP contribution in [-0.2, 0) is 0 Å². The maximum Gasteiger partial charge on any atom is 0.201 e. The van der Waals surface area contributed by atoms with Gasteiger partial charge in [0, 0.05) is 5.56 Å². The van der Waals surface area contributed by atoms with Gasteiger partial charge >= 0.3 is 0 Å². The van der Waals surface area contributed by atoms with Gasteiger partial charge < -0.3 is 5.11 Å². The zero-order chi connectivity index (χ0) is 24.3. The van der Waals surface area contributed by atoms with E-state index in [1.165, 1.54) is 28.0 Å². The van der Waals surface area contributed by atoms with Gasteiger partial charge in [-0.15, -0.1) is 5.75 Å². The van der Waals surface area contributed by atoms with Gasteiger partial charge in [0.1, 0.15) is 29.3 Å². The molecule has 0 heterocycles. The highest BCUT2D eigenvalue weighted by Crippen LogP contribution is 2.55. The number of carbonyl (C=O) groups is 1. The summed E-state index contributed by atoms with van der Waals surface area (Å²) in [5.74, 6) is 0.257. The Morgan fingerprint density at radius 1 is 0.486 bits per heavy atom. The van der Waals surface area contributed by atoms with Crippen molar-refractivity contribution in [2.75, 3.05) is 6.16 Å². The van der Waals surface area contributed by atoms with Gasteiger partial charge in [0.2, 0.25) is 5.78 Å². The quantitative estimate of drug-likeness (QED) is 0.237. The Morgan fingerprint density at radius 2 is 0.800 bits per heavy atom. The third-order valence-electron chi connectivity index (χ3n) is 5.81. The standard InChI is InChI=1S/C26H22OP.C6H6O/c27-26(22-13-5-1-6-14-22)21-28(23-15-7-2-8-16-23,24-17-9-3-10-18-24)25-19-11-4-12-20-25;7-6-4-2-1-3-5-6/h1-20H,21H2;1-5,7H/q+1;/p-1. The molecule has 0 unspecified atom stereocenters. The van der Waals surface area contributed by atoms with Gasteiger partial charge in [0.05, 0.1) is 0 Å². The molecule has 35 heavy (non-hydrogen) atoms. The lowest BCUT2D eigenvalue weighted by Gasteiger charge is -2.27. The summed E-state index contributed by atoms with van der Waals surface area (Å²) in [6.45, 7) is 0. The van der Waals surface area contributed by atoms with E-state index >= 15 is 0 Å². The summed E-state index contributed by atoms with van der Waals surface area (Å²) in [5.41, 5.74) is 0.773. The van der Waals surface area contributed by atoms with Crippen LogP contribution in [0.15, 0.2) is 152 Å². The van der Waals surface area contributed by atoms with Gasteiger partial charge in [-0.1, -0.05) is 115 Å². The van der Waals surface area contributed by atoms with Crippen LogP contribution in [0.5, 0.6) is 5.75 Å². The van der Waals surface area contributed by atoms with Gasteiger partial charge in [-0.2, -0.15) is 0 Å². The van der Waals surface area contributed by atoms with Crippen molar-refractivity contribution < 1.29 is 9.90 Å². The van der Waals surface area contributed by atoms with Crippen molar-refractivity contribution in [1.29, 1.82) is 0 Å². The highest BCUT2D eigenvalue weighted by Gasteiger charge is 2.47. The van der Waals surface area contributed by atoms with E-state index in [-0.39, 0.29) is 11.5 Å².